The zero-order valence-electron chi connectivity index (χ0n) is 9.12. The van der Waals surface area contributed by atoms with E-state index in [-0.39, 0.29) is 12.4 Å². The van der Waals surface area contributed by atoms with Crippen LogP contribution in [0.15, 0.2) is 0 Å². The second-order valence-corrected chi connectivity index (χ2v) is 4.41. The maximum atomic E-state index is 11.0. The Kier molecular flexibility index (Phi) is 4.89. The minimum Gasteiger partial charge on any atom is -0.480 e. The average Bonchev–Trinajstić information content (AvgIpc) is 2.54. The van der Waals surface area contributed by atoms with Crippen molar-refractivity contribution >= 4 is 18.4 Å². The molecule has 0 bridgehead atoms. The van der Waals surface area contributed by atoms with E-state index in [0.29, 0.717) is 6.04 Å². The molecule has 0 aromatic rings. The van der Waals surface area contributed by atoms with E-state index in [1.54, 1.807) is 13.8 Å². The fraction of sp³-hybridized carbons (Fsp3) is 0.900. The van der Waals surface area contributed by atoms with Crippen molar-refractivity contribution in [2.45, 2.75) is 51.1 Å². The van der Waals surface area contributed by atoms with E-state index in [0.717, 1.165) is 12.8 Å². The van der Waals surface area contributed by atoms with E-state index >= 15 is 0 Å². The molecule has 14 heavy (non-hydrogen) atoms. The summed E-state index contributed by atoms with van der Waals surface area (Å²) in [6.45, 7) is 3.54. The molecule has 4 heteroatoms. The topological polar surface area (TPSA) is 40.5 Å². The first kappa shape index (κ1) is 13.7. The van der Waals surface area contributed by atoms with Gasteiger partial charge in [0.25, 0.3) is 0 Å². The monoisotopic (exact) mass is 221 g/mol. The molecule has 1 N–H and O–H groups in total. The Morgan fingerprint density at radius 2 is 1.79 bits per heavy atom. The van der Waals surface area contributed by atoms with Crippen LogP contribution < -0.4 is 0 Å². The molecule has 0 amide bonds. The number of hydrogen-bond acceptors (Lipinski definition) is 2. The second kappa shape index (κ2) is 4.99. The highest BCUT2D eigenvalue weighted by molar-refractivity contribution is 5.85. The Morgan fingerprint density at radius 3 is 2.14 bits per heavy atom. The summed E-state index contributed by atoms with van der Waals surface area (Å²) >= 11 is 0. The number of hydrogen-bond donors (Lipinski definition) is 1. The molecule has 0 saturated heterocycles. The van der Waals surface area contributed by atoms with Crippen LogP contribution >= 0.6 is 12.4 Å². The minimum atomic E-state index is -0.734. The molecule has 0 unspecified atom stereocenters. The van der Waals surface area contributed by atoms with Gasteiger partial charge in [-0.25, -0.2) is 0 Å². The van der Waals surface area contributed by atoms with Gasteiger partial charge in [0.2, 0.25) is 0 Å². The normalized spacial score (nSPS) is 18.3. The van der Waals surface area contributed by atoms with E-state index in [2.05, 4.69) is 0 Å². The molecule has 1 aliphatic rings. The lowest BCUT2D eigenvalue weighted by Crippen LogP contribution is -2.51. The highest BCUT2D eigenvalue weighted by atomic mass is 35.5. The third kappa shape index (κ3) is 2.61. The first-order chi connectivity index (χ1) is 5.96. The molecule has 84 valence electrons. The first-order valence-corrected chi connectivity index (χ1v) is 4.92. The molecule has 1 aliphatic carbocycles. The molecule has 0 heterocycles. The number of rotatable bonds is 3. The molecule has 0 aliphatic heterocycles. The van der Waals surface area contributed by atoms with Gasteiger partial charge in [0, 0.05) is 6.04 Å². The lowest BCUT2D eigenvalue weighted by molar-refractivity contribution is -0.149. The van der Waals surface area contributed by atoms with Crippen molar-refractivity contribution in [2.75, 3.05) is 7.05 Å². The maximum absolute atomic E-state index is 11.0. The van der Waals surface area contributed by atoms with E-state index in [4.69, 9.17) is 5.11 Å². The SMILES string of the molecule is CN(C1CCCC1)C(C)(C)C(=O)O.Cl. The third-order valence-corrected chi connectivity index (χ3v) is 3.28. The molecule has 1 rings (SSSR count). The molecule has 0 radical (unpaired) electrons. The number of halogens is 1. The van der Waals surface area contributed by atoms with Crippen molar-refractivity contribution in [1.29, 1.82) is 0 Å². The van der Waals surface area contributed by atoms with Crippen molar-refractivity contribution in [3.8, 4) is 0 Å². The summed E-state index contributed by atoms with van der Waals surface area (Å²) < 4.78 is 0. The predicted molar refractivity (Wildman–Crippen MR) is 59.0 cm³/mol. The van der Waals surface area contributed by atoms with Crippen LogP contribution in [0.4, 0.5) is 0 Å². The predicted octanol–water partition coefficient (Wildman–Crippen LogP) is 2.15. The van der Waals surface area contributed by atoms with Crippen molar-refractivity contribution in [1.82, 2.24) is 4.90 Å². The molecule has 0 spiro atoms. The molecule has 0 atom stereocenters. The standard InChI is InChI=1S/C10H19NO2.ClH/c1-10(2,9(12)13)11(3)8-6-4-5-7-8;/h8H,4-7H2,1-3H3,(H,12,13);1H. The summed E-state index contributed by atoms with van der Waals surface area (Å²) in [7, 11) is 1.92. The Balaban J connectivity index is 0.00000169. The Labute approximate surface area is 91.9 Å². The Hall–Kier alpha value is -0.280. The van der Waals surface area contributed by atoms with Crippen LogP contribution in [-0.2, 0) is 4.79 Å². The number of carboxylic acid groups (broad SMARTS) is 1. The molecule has 0 aromatic heterocycles. The summed E-state index contributed by atoms with van der Waals surface area (Å²) in [5.41, 5.74) is -0.727. The minimum absolute atomic E-state index is 0. The lowest BCUT2D eigenvalue weighted by Gasteiger charge is -2.36. The average molecular weight is 222 g/mol. The van der Waals surface area contributed by atoms with Crippen LogP contribution in [0.5, 0.6) is 0 Å². The van der Waals surface area contributed by atoms with Crippen LogP contribution in [0, 0.1) is 0 Å². The van der Waals surface area contributed by atoms with Gasteiger partial charge in [-0.15, -0.1) is 12.4 Å². The number of carbonyl (C=O) groups is 1. The number of nitrogens with zero attached hydrogens (tertiary/aromatic N) is 1. The Bertz CT molecular complexity index is 200. The van der Waals surface area contributed by atoms with E-state index < -0.39 is 11.5 Å². The van der Waals surface area contributed by atoms with Crippen molar-refractivity contribution in [3.63, 3.8) is 0 Å². The molecule has 3 nitrogen and oxygen atoms in total. The first-order valence-electron chi connectivity index (χ1n) is 4.92. The number of carboxylic acids is 1. The van der Waals surface area contributed by atoms with Crippen LogP contribution in [0.25, 0.3) is 0 Å². The van der Waals surface area contributed by atoms with Gasteiger partial charge in [-0.3, -0.25) is 9.69 Å². The van der Waals surface area contributed by atoms with Gasteiger partial charge < -0.3 is 5.11 Å². The Morgan fingerprint density at radius 1 is 1.36 bits per heavy atom. The lowest BCUT2D eigenvalue weighted by atomic mass is 10.0. The van der Waals surface area contributed by atoms with Crippen molar-refractivity contribution < 1.29 is 9.90 Å². The van der Waals surface area contributed by atoms with Gasteiger partial charge in [-0.05, 0) is 33.7 Å². The summed E-state index contributed by atoms with van der Waals surface area (Å²) in [5.74, 6) is -0.734. The number of likely N-dealkylation sites (N-methyl/N-ethyl adjacent to an activating group) is 1. The van der Waals surface area contributed by atoms with Gasteiger partial charge in [-0.1, -0.05) is 12.8 Å². The highest BCUT2D eigenvalue weighted by Gasteiger charge is 2.36. The summed E-state index contributed by atoms with van der Waals surface area (Å²) in [6.07, 6.45) is 4.77. The van der Waals surface area contributed by atoms with Crippen LogP contribution in [-0.4, -0.2) is 34.6 Å². The third-order valence-electron chi connectivity index (χ3n) is 3.28. The van der Waals surface area contributed by atoms with E-state index in [1.165, 1.54) is 12.8 Å². The summed E-state index contributed by atoms with van der Waals surface area (Å²) in [5, 5.41) is 9.03. The van der Waals surface area contributed by atoms with Crippen molar-refractivity contribution in [3.05, 3.63) is 0 Å². The molecular weight excluding hydrogens is 202 g/mol. The summed E-state index contributed by atoms with van der Waals surface area (Å²) in [4.78, 5) is 13.0. The zero-order chi connectivity index (χ0) is 10.1. The molecule has 1 fully saturated rings. The summed E-state index contributed by atoms with van der Waals surface area (Å²) in [6, 6.07) is 0.464. The smallest absolute Gasteiger partial charge is 0.323 e. The van der Waals surface area contributed by atoms with Gasteiger partial charge in [0.1, 0.15) is 5.54 Å². The number of aliphatic carboxylic acids is 1. The molecule has 1 saturated carbocycles. The molecular formula is C10H20ClNO2. The van der Waals surface area contributed by atoms with Crippen LogP contribution in [0.3, 0.4) is 0 Å². The van der Waals surface area contributed by atoms with Crippen LogP contribution in [0.2, 0.25) is 0 Å². The fourth-order valence-electron chi connectivity index (χ4n) is 1.90. The van der Waals surface area contributed by atoms with Crippen molar-refractivity contribution in [2.24, 2.45) is 0 Å². The van der Waals surface area contributed by atoms with Gasteiger partial charge in [-0.2, -0.15) is 0 Å². The largest absolute Gasteiger partial charge is 0.480 e. The van der Waals surface area contributed by atoms with Crippen LogP contribution in [0.1, 0.15) is 39.5 Å². The highest BCUT2D eigenvalue weighted by Crippen LogP contribution is 2.27. The zero-order valence-corrected chi connectivity index (χ0v) is 9.93. The molecule has 0 aromatic carbocycles. The van der Waals surface area contributed by atoms with Gasteiger partial charge in [0.05, 0.1) is 0 Å². The van der Waals surface area contributed by atoms with E-state index in [1.807, 2.05) is 11.9 Å². The fourth-order valence-corrected chi connectivity index (χ4v) is 1.90. The van der Waals surface area contributed by atoms with E-state index in [9.17, 15) is 4.79 Å². The van der Waals surface area contributed by atoms with Gasteiger partial charge in [0.15, 0.2) is 0 Å². The maximum Gasteiger partial charge on any atom is 0.323 e. The second-order valence-electron chi connectivity index (χ2n) is 4.41. The van der Waals surface area contributed by atoms with Gasteiger partial charge >= 0.3 is 5.97 Å². The quantitative estimate of drug-likeness (QED) is 0.794.